The second kappa shape index (κ2) is 13.6. The average Bonchev–Trinajstić information content (AvgIpc) is 3.64. The maximum absolute atomic E-state index is 14.0. The highest BCUT2D eigenvalue weighted by atomic mass is 16.5. The van der Waals surface area contributed by atoms with Gasteiger partial charge in [0.15, 0.2) is 17.0 Å². The summed E-state index contributed by atoms with van der Waals surface area (Å²) in [5, 5.41) is 4.31. The third kappa shape index (κ3) is 5.35. The van der Waals surface area contributed by atoms with Gasteiger partial charge in [0.2, 0.25) is 0 Å². The molecule has 0 N–H and O–H groups in total. The molecule has 2 aliphatic heterocycles. The first kappa shape index (κ1) is 35.0. The highest BCUT2D eigenvalue weighted by Crippen LogP contribution is 2.53. The van der Waals surface area contributed by atoms with E-state index >= 15 is 0 Å². The smallest absolute Gasteiger partial charge is 0.195 e. The number of ether oxygens (including phenoxy) is 3. The predicted molar refractivity (Wildman–Crippen MR) is 243 cm³/mol. The molecule has 4 heteroatoms. The second-order valence-electron chi connectivity index (χ2n) is 15.8. The largest absolute Gasteiger partial charge is 0.473 e. The first-order chi connectivity index (χ1) is 30.1. The maximum atomic E-state index is 14.0. The Morgan fingerprint density at radius 1 is 0.393 bits per heavy atom. The Balaban J connectivity index is 0.883. The van der Waals surface area contributed by atoms with Crippen molar-refractivity contribution in [3.05, 3.63) is 251 Å². The fourth-order valence-electron chi connectivity index (χ4n) is 9.59. The zero-order valence-electron chi connectivity index (χ0n) is 32.9. The fourth-order valence-corrected chi connectivity index (χ4v) is 9.59. The van der Waals surface area contributed by atoms with Crippen LogP contribution in [0.2, 0.25) is 0 Å². The highest BCUT2D eigenvalue weighted by molar-refractivity contribution is 6.28. The van der Waals surface area contributed by atoms with E-state index in [2.05, 4.69) is 121 Å². The molecule has 0 saturated carbocycles. The van der Waals surface area contributed by atoms with Crippen molar-refractivity contribution in [3.8, 4) is 34.1 Å². The Morgan fingerprint density at radius 3 is 1.56 bits per heavy atom. The van der Waals surface area contributed by atoms with Crippen molar-refractivity contribution < 1.29 is 19.0 Å². The first-order valence-corrected chi connectivity index (χ1v) is 20.6. The van der Waals surface area contributed by atoms with Crippen molar-refractivity contribution in [2.45, 2.75) is 11.2 Å². The van der Waals surface area contributed by atoms with Crippen molar-refractivity contribution in [3.63, 3.8) is 0 Å². The van der Waals surface area contributed by atoms with E-state index in [4.69, 9.17) is 14.2 Å². The molecule has 288 valence electrons. The summed E-state index contributed by atoms with van der Waals surface area (Å²) in [5.41, 5.74) is 7.40. The molecule has 12 rings (SSSR count). The quantitative estimate of drug-likeness (QED) is 0.168. The molecule has 0 aromatic heterocycles. The van der Waals surface area contributed by atoms with Gasteiger partial charge in [-0.25, -0.2) is 0 Å². The summed E-state index contributed by atoms with van der Waals surface area (Å²) in [6, 6.07) is 65.6. The van der Waals surface area contributed by atoms with Crippen molar-refractivity contribution in [2.75, 3.05) is 0 Å². The average molecular weight is 785 g/mol. The zero-order valence-corrected chi connectivity index (χ0v) is 32.9. The third-order valence-electron chi connectivity index (χ3n) is 12.5. The van der Waals surface area contributed by atoms with Gasteiger partial charge < -0.3 is 14.2 Å². The van der Waals surface area contributed by atoms with E-state index < -0.39 is 11.2 Å². The van der Waals surface area contributed by atoms with E-state index in [0.29, 0.717) is 22.8 Å². The van der Waals surface area contributed by atoms with Gasteiger partial charge in [-0.3, -0.25) is 4.79 Å². The molecule has 0 bridgehead atoms. The van der Waals surface area contributed by atoms with Crippen molar-refractivity contribution in [1.82, 2.24) is 0 Å². The van der Waals surface area contributed by atoms with Crippen molar-refractivity contribution >= 4 is 39.5 Å². The summed E-state index contributed by atoms with van der Waals surface area (Å²) < 4.78 is 20.8. The van der Waals surface area contributed by atoms with E-state index in [9.17, 15) is 4.79 Å². The zero-order chi connectivity index (χ0) is 40.5. The van der Waals surface area contributed by atoms with Crippen LogP contribution in [0, 0.1) is 0 Å². The lowest BCUT2D eigenvalue weighted by atomic mass is 9.82. The van der Waals surface area contributed by atoms with Crippen molar-refractivity contribution in [2.24, 2.45) is 0 Å². The van der Waals surface area contributed by atoms with Crippen LogP contribution in [-0.2, 0) is 11.2 Å². The number of rotatable bonds is 6. The molecule has 61 heavy (non-hydrogen) atoms. The van der Waals surface area contributed by atoms with Crippen LogP contribution in [0.1, 0.15) is 49.3 Å². The van der Waals surface area contributed by atoms with Crippen LogP contribution in [0.5, 0.6) is 23.0 Å². The second-order valence-corrected chi connectivity index (χ2v) is 15.8. The number of carbonyl (C=O) groups excluding carboxylic acids is 1. The molecule has 0 radical (unpaired) electrons. The van der Waals surface area contributed by atoms with Crippen LogP contribution in [0.25, 0.3) is 44.8 Å². The Kier molecular flexibility index (Phi) is 7.78. The van der Waals surface area contributed by atoms with Crippen LogP contribution in [-0.4, -0.2) is 5.78 Å². The van der Waals surface area contributed by atoms with Gasteiger partial charge in [0.25, 0.3) is 0 Å². The van der Waals surface area contributed by atoms with Gasteiger partial charge in [-0.15, -0.1) is 0 Å². The molecule has 0 fully saturated rings. The Hall–Kier alpha value is -7.95. The van der Waals surface area contributed by atoms with Gasteiger partial charge in [-0.2, -0.15) is 0 Å². The summed E-state index contributed by atoms with van der Waals surface area (Å²) in [5.74, 6) is 2.97. The number of benzene rings is 9. The molecule has 9 aromatic rings. The molecule has 1 aliphatic carbocycles. The monoisotopic (exact) mass is 784 g/mol. The molecular formula is C57H36O4. The van der Waals surface area contributed by atoms with Gasteiger partial charge >= 0.3 is 0 Å². The van der Waals surface area contributed by atoms with Crippen LogP contribution in [0.3, 0.4) is 0 Å². The van der Waals surface area contributed by atoms with E-state index in [1.165, 1.54) is 5.39 Å². The van der Waals surface area contributed by atoms with E-state index in [1.54, 1.807) is 0 Å². The lowest BCUT2D eigenvalue weighted by Gasteiger charge is -2.37. The van der Waals surface area contributed by atoms with Crippen LogP contribution < -0.4 is 14.2 Å². The van der Waals surface area contributed by atoms with Gasteiger partial charge in [0.05, 0.1) is 0 Å². The van der Waals surface area contributed by atoms with Crippen LogP contribution >= 0.6 is 0 Å². The lowest BCUT2D eigenvalue weighted by molar-refractivity contribution is 0.104. The molecular weight excluding hydrogens is 749 g/mol. The van der Waals surface area contributed by atoms with E-state index in [-0.39, 0.29) is 5.78 Å². The number of hydrogen-bond donors (Lipinski definition) is 0. The SMILES string of the molecule is O=C1c2ccccc2-c2c1c1c(c3ccccc23)OC(c2ccccc2)(c2ccc(Oc3ccc(C4(c5ccccc5)C=Cc5c(ccc6ccccc56)O4)cc3)cc2)C=C1. The number of ketones is 1. The number of hydrogen-bond acceptors (Lipinski definition) is 4. The van der Waals surface area contributed by atoms with Gasteiger partial charge in [0, 0.05) is 55.5 Å². The van der Waals surface area contributed by atoms with Crippen molar-refractivity contribution in [1.29, 1.82) is 0 Å². The summed E-state index contributed by atoms with van der Waals surface area (Å²) >= 11 is 0. The predicted octanol–water partition coefficient (Wildman–Crippen LogP) is 13.7. The standard InChI is InChI=1S/C57H36O4/c58-54-48-21-11-9-19-46(48)52-47-20-10-12-22-49(47)55-50(53(52)54)34-36-57(61-55,39-16-5-2-6-17-39)41-26-30-43(31-27-41)59-42-28-24-40(25-29-42)56(38-14-3-1-4-15-38)35-33-45-44-18-8-7-13-37(44)23-32-51(45)60-56/h1-36H. The number of fused-ring (bicyclic) bond motifs is 11. The molecule has 0 spiro atoms. The van der Waals surface area contributed by atoms with Gasteiger partial charge in [-0.1, -0.05) is 164 Å². The van der Waals surface area contributed by atoms with E-state index in [0.717, 1.165) is 72.0 Å². The van der Waals surface area contributed by atoms with E-state index in [1.807, 2.05) is 97.1 Å². The Bertz CT molecular complexity index is 3280. The normalized spacial score (nSPS) is 18.1. The minimum absolute atomic E-state index is 0.0274. The molecule has 2 unspecified atom stereocenters. The molecule has 2 atom stereocenters. The summed E-state index contributed by atoms with van der Waals surface area (Å²) in [7, 11) is 0. The lowest BCUT2D eigenvalue weighted by Crippen LogP contribution is -2.34. The minimum Gasteiger partial charge on any atom is -0.473 e. The van der Waals surface area contributed by atoms with Crippen LogP contribution in [0.15, 0.2) is 206 Å². The molecule has 0 amide bonds. The Morgan fingerprint density at radius 2 is 0.902 bits per heavy atom. The topological polar surface area (TPSA) is 44.8 Å². The fraction of sp³-hybridized carbons (Fsp3) is 0.0351. The summed E-state index contributed by atoms with van der Waals surface area (Å²) in [6.45, 7) is 0. The molecule has 4 nitrogen and oxygen atoms in total. The van der Waals surface area contributed by atoms with Crippen LogP contribution in [0.4, 0.5) is 0 Å². The highest BCUT2D eigenvalue weighted by Gasteiger charge is 2.42. The first-order valence-electron chi connectivity index (χ1n) is 20.6. The molecule has 2 heterocycles. The number of carbonyl (C=O) groups is 1. The summed E-state index contributed by atoms with van der Waals surface area (Å²) in [6.07, 6.45) is 8.54. The van der Waals surface area contributed by atoms with Gasteiger partial charge in [-0.05, 0) is 76.4 Å². The summed E-state index contributed by atoms with van der Waals surface area (Å²) in [4.78, 5) is 14.0. The van der Waals surface area contributed by atoms with Gasteiger partial charge in [0.1, 0.15) is 23.0 Å². The Labute approximate surface area is 353 Å². The minimum atomic E-state index is -0.968. The molecule has 9 aromatic carbocycles. The molecule has 3 aliphatic rings. The third-order valence-corrected chi connectivity index (χ3v) is 12.5. The molecule has 0 saturated heterocycles. The maximum Gasteiger partial charge on any atom is 0.195 e.